The van der Waals surface area contributed by atoms with Crippen LogP contribution in [0, 0.1) is 0 Å². The Morgan fingerprint density at radius 2 is 1.96 bits per heavy atom. The lowest BCUT2D eigenvalue weighted by Crippen LogP contribution is -2.20. The molecule has 0 spiro atoms. The van der Waals surface area contributed by atoms with Crippen LogP contribution in [0.1, 0.15) is 0 Å². The zero-order chi connectivity index (χ0) is 17.6. The summed E-state index contributed by atoms with van der Waals surface area (Å²) in [6.45, 7) is -0.0605. The van der Waals surface area contributed by atoms with Gasteiger partial charge in [0.05, 0.1) is 19.9 Å². The number of carbonyl (C=O) groups is 1. The third-order valence-electron chi connectivity index (χ3n) is 3.45. The van der Waals surface area contributed by atoms with Crippen LogP contribution in [-0.4, -0.2) is 40.3 Å². The standard InChI is InChI=1S/C17H17N5O3/c1-24-13-7-5-6-12(10-13)17-19-21-22(20-17)11-16(23)18-14-8-3-4-9-15(14)25-2/h3-10H,11H2,1-2H3,(H,18,23). The monoisotopic (exact) mass is 339 g/mol. The van der Waals surface area contributed by atoms with E-state index in [0.717, 1.165) is 5.56 Å². The van der Waals surface area contributed by atoms with Gasteiger partial charge in [-0.3, -0.25) is 4.79 Å². The van der Waals surface area contributed by atoms with Crippen molar-refractivity contribution >= 4 is 11.6 Å². The Kier molecular flexibility index (Phi) is 4.89. The topological polar surface area (TPSA) is 91.2 Å². The number of nitrogens with one attached hydrogen (secondary N) is 1. The molecular weight excluding hydrogens is 322 g/mol. The molecule has 3 rings (SSSR count). The van der Waals surface area contributed by atoms with E-state index in [9.17, 15) is 4.79 Å². The van der Waals surface area contributed by atoms with E-state index >= 15 is 0 Å². The second kappa shape index (κ2) is 7.43. The molecule has 2 aromatic carbocycles. The van der Waals surface area contributed by atoms with Gasteiger partial charge in [-0.25, -0.2) is 0 Å². The second-order valence-electron chi connectivity index (χ2n) is 5.12. The average Bonchev–Trinajstić information content (AvgIpc) is 3.10. The van der Waals surface area contributed by atoms with Crippen LogP contribution < -0.4 is 14.8 Å². The van der Waals surface area contributed by atoms with Gasteiger partial charge in [0.1, 0.15) is 18.0 Å². The summed E-state index contributed by atoms with van der Waals surface area (Å²) in [6, 6.07) is 14.5. The van der Waals surface area contributed by atoms with E-state index in [1.54, 1.807) is 32.4 Å². The Balaban J connectivity index is 1.69. The van der Waals surface area contributed by atoms with Crippen molar-refractivity contribution in [2.45, 2.75) is 6.54 Å². The lowest BCUT2D eigenvalue weighted by atomic mass is 10.2. The number of hydrogen-bond donors (Lipinski definition) is 1. The SMILES string of the molecule is COc1cccc(-c2nnn(CC(=O)Nc3ccccc3OC)n2)c1. The van der Waals surface area contributed by atoms with Crippen LogP contribution in [0.5, 0.6) is 11.5 Å². The number of carbonyl (C=O) groups excluding carboxylic acids is 1. The minimum Gasteiger partial charge on any atom is -0.497 e. The Hall–Kier alpha value is -3.42. The second-order valence-corrected chi connectivity index (χ2v) is 5.12. The predicted octanol–water partition coefficient (Wildman–Crippen LogP) is 2.00. The molecule has 1 amide bonds. The summed E-state index contributed by atoms with van der Waals surface area (Å²) in [5.74, 6) is 1.42. The fourth-order valence-corrected chi connectivity index (χ4v) is 2.25. The first-order chi connectivity index (χ1) is 12.2. The van der Waals surface area contributed by atoms with Crippen molar-refractivity contribution in [3.8, 4) is 22.9 Å². The van der Waals surface area contributed by atoms with Crippen LogP contribution in [0.2, 0.25) is 0 Å². The van der Waals surface area contributed by atoms with Crippen molar-refractivity contribution in [1.29, 1.82) is 0 Å². The molecular formula is C17H17N5O3. The summed E-state index contributed by atoms with van der Waals surface area (Å²) in [5, 5.41) is 14.9. The average molecular weight is 339 g/mol. The lowest BCUT2D eigenvalue weighted by Gasteiger charge is -2.09. The number of methoxy groups -OCH3 is 2. The van der Waals surface area contributed by atoms with Gasteiger partial charge in [0.15, 0.2) is 0 Å². The van der Waals surface area contributed by atoms with Crippen LogP contribution in [0.3, 0.4) is 0 Å². The van der Waals surface area contributed by atoms with Crippen LogP contribution >= 0.6 is 0 Å². The number of tetrazole rings is 1. The molecule has 1 heterocycles. The highest BCUT2D eigenvalue weighted by Gasteiger charge is 2.11. The van der Waals surface area contributed by atoms with Crippen LogP contribution in [0.15, 0.2) is 48.5 Å². The number of hydrogen-bond acceptors (Lipinski definition) is 6. The van der Waals surface area contributed by atoms with Crippen molar-refractivity contribution in [3.63, 3.8) is 0 Å². The normalized spacial score (nSPS) is 10.3. The van der Waals surface area contributed by atoms with Crippen LogP contribution in [-0.2, 0) is 11.3 Å². The van der Waals surface area contributed by atoms with E-state index in [1.807, 2.05) is 30.3 Å². The van der Waals surface area contributed by atoms with Gasteiger partial charge < -0.3 is 14.8 Å². The summed E-state index contributed by atoms with van der Waals surface area (Å²) in [7, 11) is 3.13. The molecule has 8 nitrogen and oxygen atoms in total. The molecule has 8 heteroatoms. The fourth-order valence-electron chi connectivity index (χ4n) is 2.25. The zero-order valence-electron chi connectivity index (χ0n) is 13.8. The zero-order valence-corrected chi connectivity index (χ0v) is 13.8. The number of anilines is 1. The molecule has 0 saturated carbocycles. The number of aromatic nitrogens is 4. The smallest absolute Gasteiger partial charge is 0.248 e. The van der Waals surface area contributed by atoms with Crippen molar-refractivity contribution in [1.82, 2.24) is 20.2 Å². The van der Waals surface area contributed by atoms with Gasteiger partial charge in [0, 0.05) is 5.56 Å². The summed E-state index contributed by atoms with van der Waals surface area (Å²) >= 11 is 0. The Morgan fingerprint density at radius 1 is 1.12 bits per heavy atom. The Bertz CT molecular complexity index is 878. The van der Waals surface area contributed by atoms with E-state index in [2.05, 4.69) is 20.7 Å². The third kappa shape index (κ3) is 3.92. The van der Waals surface area contributed by atoms with Crippen LogP contribution in [0.4, 0.5) is 5.69 Å². The summed E-state index contributed by atoms with van der Waals surface area (Å²) < 4.78 is 10.4. The van der Waals surface area contributed by atoms with Gasteiger partial charge in [-0.05, 0) is 29.5 Å². The van der Waals surface area contributed by atoms with Crippen molar-refractivity contribution < 1.29 is 14.3 Å². The molecule has 1 N–H and O–H groups in total. The van der Waals surface area contributed by atoms with Gasteiger partial charge in [-0.2, -0.15) is 4.80 Å². The summed E-state index contributed by atoms with van der Waals surface area (Å²) in [6.07, 6.45) is 0. The Labute approximate surface area is 144 Å². The minimum atomic E-state index is -0.279. The fraction of sp³-hybridized carbons (Fsp3) is 0.176. The molecule has 0 radical (unpaired) electrons. The highest BCUT2D eigenvalue weighted by atomic mass is 16.5. The Morgan fingerprint density at radius 3 is 2.76 bits per heavy atom. The molecule has 25 heavy (non-hydrogen) atoms. The first kappa shape index (κ1) is 16.4. The molecule has 1 aromatic heterocycles. The van der Waals surface area contributed by atoms with Crippen molar-refractivity contribution in [3.05, 3.63) is 48.5 Å². The first-order valence-electron chi connectivity index (χ1n) is 7.54. The molecule has 0 bridgehead atoms. The largest absolute Gasteiger partial charge is 0.497 e. The van der Waals surface area contributed by atoms with Gasteiger partial charge in [-0.15, -0.1) is 10.2 Å². The maximum absolute atomic E-state index is 12.2. The molecule has 0 fully saturated rings. The predicted molar refractivity (Wildman–Crippen MR) is 91.4 cm³/mol. The lowest BCUT2D eigenvalue weighted by molar-refractivity contribution is -0.117. The highest BCUT2D eigenvalue weighted by molar-refractivity contribution is 5.91. The summed E-state index contributed by atoms with van der Waals surface area (Å²) in [4.78, 5) is 13.4. The van der Waals surface area contributed by atoms with E-state index in [4.69, 9.17) is 9.47 Å². The van der Waals surface area contributed by atoms with Gasteiger partial charge in [0.2, 0.25) is 11.7 Å². The number of rotatable bonds is 6. The van der Waals surface area contributed by atoms with Gasteiger partial charge >= 0.3 is 0 Å². The molecule has 0 aliphatic carbocycles. The number of benzene rings is 2. The van der Waals surface area contributed by atoms with E-state index in [-0.39, 0.29) is 12.5 Å². The molecule has 0 saturated heterocycles. The molecule has 128 valence electrons. The first-order valence-corrected chi connectivity index (χ1v) is 7.54. The maximum Gasteiger partial charge on any atom is 0.248 e. The van der Waals surface area contributed by atoms with E-state index in [1.165, 1.54) is 4.80 Å². The molecule has 0 aliphatic rings. The molecule has 0 atom stereocenters. The van der Waals surface area contributed by atoms with Crippen LogP contribution in [0.25, 0.3) is 11.4 Å². The third-order valence-corrected chi connectivity index (χ3v) is 3.45. The maximum atomic E-state index is 12.2. The quantitative estimate of drug-likeness (QED) is 0.738. The number of nitrogens with zero attached hydrogens (tertiary/aromatic N) is 4. The van der Waals surface area contributed by atoms with Gasteiger partial charge in [-0.1, -0.05) is 24.3 Å². The van der Waals surface area contributed by atoms with E-state index in [0.29, 0.717) is 23.0 Å². The highest BCUT2D eigenvalue weighted by Crippen LogP contribution is 2.23. The number of ether oxygens (including phenoxy) is 2. The number of amides is 1. The molecule has 3 aromatic rings. The molecule has 0 unspecified atom stereocenters. The van der Waals surface area contributed by atoms with Gasteiger partial charge in [0.25, 0.3) is 0 Å². The van der Waals surface area contributed by atoms with Crippen molar-refractivity contribution in [2.24, 2.45) is 0 Å². The van der Waals surface area contributed by atoms with Crippen molar-refractivity contribution in [2.75, 3.05) is 19.5 Å². The van der Waals surface area contributed by atoms with E-state index < -0.39 is 0 Å². The number of para-hydroxylation sites is 2. The molecule has 0 aliphatic heterocycles. The minimum absolute atomic E-state index is 0.0605. The summed E-state index contributed by atoms with van der Waals surface area (Å²) in [5.41, 5.74) is 1.35.